The number of benzene rings is 1. The van der Waals surface area contributed by atoms with Crippen LogP contribution in [0.1, 0.15) is 40.3 Å². The SMILES string of the molecule is Cc1cc(C(=O)N2CCN(C(=O)c3cnccn3)CC2)ccc1OC(C)C. The maximum Gasteiger partial charge on any atom is 0.274 e. The van der Waals surface area contributed by atoms with Crippen molar-refractivity contribution >= 4 is 11.8 Å². The number of amides is 2. The molecule has 142 valence electrons. The summed E-state index contributed by atoms with van der Waals surface area (Å²) in [5.74, 6) is 0.614. The first-order chi connectivity index (χ1) is 13.0. The third-order valence-electron chi connectivity index (χ3n) is 4.42. The van der Waals surface area contributed by atoms with Crippen LogP contribution in [0.25, 0.3) is 0 Å². The maximum atomic E-state index is 12.8. The number of carbonyl (C=O) groups excluding carboxylic acids is 2. The van der Waals surface area contributed by atoms with E-state index in [1.54, 1.807) is 15.9 Å². The highest BCUT2D eigenvalue weighted by Crippen LogP contribution is 2.21. The van der Waals surface area contributed by atoms with Gasteiger partial charge in [-0.2, -0.15) is 0 Å². The lowest BCUT2D eigenvalue weighted by molar-refractivity contribution is 0.0532. The van der Waals surface area contributed by atoms with E-state index in [0.717, 1.165) is 11.3 Å². The van der Waals surface area contributed by atoms with E-state index in [1.807, 2.05) is 32.9 Å². The minimum absolute atomic E-state index is 0.0270. The fourth-order valence-electron chi connectivity index (χ4n) is 3.04. The predicted molar refractivity (Wildman–Crippen MR) is 101 cm³/mol. The lowest BCUT2D eigenvalue weighted by Crippen LogP contribution is -2.50. The molecule has 0 spiro atoms. The van der Waals surface area contributed by atoms with Gasteiger partial charge in [0.25, 0.3) is 11.8 Å². The van der Waals surface area contributed by atoms with E-state index in [9.17, 15) is 9.59 Å². The third-order valence-corrected chi connectivity index (χ3v) is 4.42. The van der Waals surface area contributed by atoms with Crippen molar-refractivity contribution in [3.05, 3.63) is 53.6 Å². The van der Waals surface area contributed by atoms with Crippen LogP contribution in [-0.4, -0.2) is 63.9 Å². The van der Waals surface area contributed by atoms with Gasteiger partial charge in [-0.1, -0.05) is 0 Å². The van der Waals surface area contributed by atoms with Gasteiger partial charge in [-0.3, -0.25) is 14.6 Å². The molecule has 1 fully saturated rings. The van der Waals surface area contributed by atoms with E-state index < -0.39 is 0 Å². The molecular weight excluding hydrogens is 344 g/mol. The number of hydrogen-bond acceptors (Lipinski definition) is 5. The summed E-state index contributed by atoms with van der Waals surface area (Å²) in [4.78, 5) is 36.7. The largest absolute Gasteiger partial charge is 0.491 e. The molecule has 1 aliphatic heterocycles. The zero-order valence-electron chi connectivity index (χ0n) is 15.9. The van der Waals surface area contributed by atoms with Gasteiger partial charge in [0, 0.05) is 44.1 Å². The maximum absolute atomic E-state index is 12.8. The van der Waals surface area contributed by atoms with Crippen LogP contribution in [0.4, 0.5) is 0 Å². The Morgan fingerprint density at radius 2 is 1.70 bits per heavy atom. The lowest BCUT2D eigenvalue weighted by atomic mass is 10.1. The minimum atomic E-state index is -0.152. The molecule has 0 N–H and O–H groups in total. The van der Waals surface area contributed by atoms with Crippen molar-refractivity contribution in [2.45, 2.75) is 26.9 Å². The number of rotatable bonds is 4. The Bertz CT molecular complexity index is 815. The predicted octanol–water partition coefficient (Wildman–Crippen LogP) is 2.17. The number of hydrogen-bond donors (Lipinski definition) is 0. The Morgan fingerprint density at radius 1 is 1.04 bits per heavy atom. The van der Waals surface area contributed by atoms with Gasteiger partial charge in [0.1, 0.15) is 11.4 Å². The Balaban J connectivity index is 1.61. The molecule has 0 unspecified atom stereocenters. The van der Waals surface area contributed by atoms with Crippen LogP contribution in [0.15, 0.2) is 36.8 Å². The van der Waals surface area contributed by atoms with Crippen LogP contribution in [0.5, 0.6) is 5.75 Å². The number of ether oxygens (including phenoxy) is 1. The van der Waals surface area contributed by atoms with E-state index in [0.29, 0.717) is 37.4 Å². The number of carbonyl (C=O) groups is 2. The summed E-state index contributed by atoms with van der Waals surface area (Å²) in [6.07, 6.45) is 4.59. The second-order valence-corrected chi connectivity index (χ2v) is 6.82. The van der Waals surface area contributed by atoms with Crippen molar-refractivity contribution in [3.63, 3.8) is 0 Å². The highest BCUT2D eigenvalue weighted by molar-refractivity contribution is 5.95. The van der Waals surface area contributed by atoms with Crippen molar-refractivity contribution in [2.75, 3.05) is 26.2 Å². The smallest absolute Gasteiger partial charge is 0.274 e. The molecular formula is C20H24N4O3. The Labute approximate surface area is 159 Å². The summed E-state index contributed by atoms with van der Waals surface area (Å²) >= 11 is 0. The third kappa shape index (κ3) is 4.42. The van der Waals surface area contributed by atoms with E-state index in [1.165, 1.54) is 18.6 Å². The topological polar surface area (TPSA) is 75.6 Å². The molecule has 1 aromatic carbocycles. The normalized spacial score (nSPS) is 14.4. The molecule has 7 nitrogen and oxygen atoms in total. The van der Waals surface area contributed by atoms with Gasteiger partial charge < -0.3 is 14.5 Å². The van der Waals surface area contributed by atoms with Crippen LogP contribution in [0, 0.1) is 6.92 Å². The monoisotopic (exact) mass is 368 g/mol. The van der Waals surface area contributed by atoms with Crippen molar-refractivity contribution < 1.29 is 14.3 Å². The molecule has 27 heavy (non-hydrogen) atoms. The number of aryl methyl sites for hydroxylation is 1. The van der Waals surface area contributed by atoms with Gasteiger partial charge in [0.2, 0.25) is 0 Å². The number of nitrogens with zero attached hydrogens (tertiary/aromatic N) is 4. The van der Waals surface area contributed by atoms with Crippen LogP contribution in [0.3, 0.4) is 0 Å². The molecule has 0 atom stereocenters. The van der Waals surface area contributed by atoms with Crippen molar-refractivity contribution in [1.29, 1.82) is 0 Å². The Morgan fingerprint density at radius 3 is 2.26 bits per heavy atom. The van der Waals surface area contributed by atoms with Gasteiger partial charge >= 0.3 is 0 Å². The highest BCUT2D eigenvalue weighted by Gasteiger charge is 2.26. The quantitative estimate of drug-likeness (QED) is 0.827. The second-order valence-electron chi connectivity index (χ2n) is 6.82. The molecule has 2 aromatic rings. The summed E-state index contributed by atoms with van der Waals surface area (Å²) in [6.45, 7) is 7.83. The van der Waals surface area contributed by atoms with Crippen LogP contribution >= 0.6 is 0 Å². The molecule has 0 radical (unpaired) electrons. The molecule has 2 heterocycles. The van der Waals surface area contributed by atoms with Crippen molar-refractivity contribution in [3.8, 4) is 5.75 Å². The molecule has 1 aromatic heterocycles. The summed E-state index contributed by atoms with van der Waals surface area (Å²) in [6, 6.07) is 5.50. The molecule has 2 amide bonds. The first kappa shape index (κ1) is 18.8. The summed E-state index contributed by atoms with van der Waals surface area (Å²) in [7, 11) is 0. The number of aromatic nitrogens is 2. The molecule has 0 aliphatic carbocycles. The fraction of sp³-hybridized carbons (Fsp3) is 0.400. The van der Waals surface area contributed by atoms with Crippen LogP contribution < -0.4 is 4.74 Å². The van der Waals surface area contributed by atoms with Crippen LogP contribution in [-0.2, 0) is 0 Å². The van der Waals surface area contributed by atoms with E-state index in [2.05, 4.69) is 9.97 Å². The fourth-order valence-corrected chi connectivity index (χ4v) is 3.04. The van der Waals surface area contributed by atoms with Crippen molar-refractivity contribution in [1.82, 2.24) is 19.8 Å². The van der Waals surface area contributed by atoms with Gasteiger partial charge in [-0.25, -0.2) is 4.98 Å². The van der Waals surface area contributed by atoms with Gasteiger partial charge in [-0.15, -0.1) is 0 Å². The molecule has 1 saturated heterocycles. The van der Waals surface area contributed by atoms with Crippen molar-refractivity contribution in [2.24, 2.45) is 0 Å². The summed E-state index contributed by atoms with van der Waals surface area (Å²) < 4.78 is 5.73. The molecule has 7 heteroatoms. The molecule has 1 aliphatic rings. The summed E-state index contributed by atoms with van der Waals surface area (Å²) in [5.41, 5.74) is 1.90. The highest BCUT2D eigenvalue weighted by atomic mass is 16.5. The molecule has 3 rings (SSSR count). The second kappa shape index (κ2) is 8.16. The lowest BCUT2D eigenvalue weighted by Gasteiger charge is -2.34. The standard InChI is InChI=1S/C20H24N4O3/c1-14(2)27-18-5-4-16(12-15(18)3)19(25)23-8-10-24(11-9-23)20(26)17-13-21-6-7-22-17/h4-7,12-14H,8-11H2,1-3H3. The van der Waals surface area contributed by atoms with Crippen LogP contribution in [0.2, 0.25) is 0 Å². The number of piperazine rings is 1. The zero-order chi connectivity index (χ0) is 19.4. The van der Waals surface area contributed by atoms with Gasteiger partial charge in [-0.05, 0) is 44.5 Å². The average Bonchev–Trinajstić information content (AvgIpc) is 2.69. The Kier molecular flexibility index (Phi) is 5.69. The summed E-state index contributed by atoms with van der Waals surface area (Å²) in [5, 5.41) is 0. The van der Waals surface area contributed by atoms with E-state index in [-0.39, 0.29) is 17.9 Å². The van der Waals surface area contributed by atoms with E-state index >= 15 is 0 Å². The van der Waals surface area contributed by atoms with Gasteiger partial charge in [0.05, 0.1) is 12.3 Å². The van der Waals surface area contributed by atoms with Gasteiger partial charge in [0.15, 0.2) is 0 Å². The Hall–Kier alpha value is -2.96. The first-order valence-corrected chi connectivity index (χ1v) is 9.07. The zero-order valence-corrected chi connectivity index (χ0v) is 15.9. The minimum Gasteiger partial charge on any atom is -0.491 e. The van der Waals surface area contributed by atoms with E-state index in [4.69, 9.17) is 4.74 Å². The molecule has 0 bridgehead atoms. The molecule has 0 saturated carbocycles. The first-order valence-electron chi connectivity index (χ1n) is 9.07. The average molecular weight is 368 g/mol.